The molecule has 24 heavy (non-hydrogen) atoms. The number of aryl methyl sites for hydroxylation is 2. The van der Waals surface area contributed by atoms with Gasteiger partial charge in [0.25, 0.3) is 5.91 Å². The van der Waals surface area contributed by atoms with Gasteiger partial charge in [0.05, 0.1) is 18.3 Å². The highest BCUT2D eigenvalue weighted by Gasteiger charge is 2.34. The number of rotatable bonds is 4. The molecule has 0 bridgehead atoms. The summed E-state index contributed by atoms with van der Waals surface area (Å²) in [5, 5.41) is 5.00. The molecule has 0 aliphatic carbocycles. The van der Waals surface area contributed by atoms with Crippen LogP contribution in [0.2, 0.25) is 5.15 Å². The lowest BCUT2D eigenvalue weighted by atomic mass is 10.0. The molecule has 2 heterocycles. The van der Waals surface area contributed by atoms with Gasteiger partial charge in [-0.2, -0.15) is 5.10 Å². The molecule has 1 aliphatic rings. The van der Waals surface area contributed by atoms with Crippen LogP contribution in [0.5, 0.6) is 0 Å². The first-order valence-corrected chi connectivity index (χ1v) is 8.48. The second-order valence-corrected chi connectivity index (χ2v) is 6.56. The van der Waals surface area contributed by atoms with Gasteiger partial charge in [-0.1, -0.05) is 23.7 Å². The van der Waals surface area contributed by atoms with E-state index in [-0.39, 0.29) is 11.9 Å². The lowest BCUT2D eigenvalue weighted by Gasteiger charge is -2.25. The van der Waals surface area contributed by atoms with E-state index in [2.05, 4.69) is 5.10 Å². The van der Waals surface area contributed by atoms with Crippen LogP contribution in [-0.2, 0) is 18.4 Å². The van der Waals surface area contributed by atoms with Crippen molar-refractivity contribution in [2.45, 2.75) is 32.4 Å². The first kappa shape index (κ1) is 17.0. The molecule has 1 atom stereocenters. The topological polar surface area (TPSA) is 47.4 Å². The highest BCUT2D eigenvalue weighted by molar-refractivity contribution is 6.30. The Kier molecular flexibility index (Phi) is 4.92. The summed E-state index contributed by atoms with van der Waals surface area (Å²) in [4.78, 5) is 14.9. The summed E-state index contributed by atoms with van der Waals surface area (Å²) in [6, 6.07) is 7.60. The molecular weight excluding hydrogens is 326 g/mol. The number of likely N-dealkylation sites (tertiary alicyclic amines) is 1. The fourth-order valence-electron chi connectivity index (χ4n) is 3.41. The molecule has 0 spiro atoms. The molecule has 2 aromatic rings. The van der Waals surface area contributed by atoms with Crippen LogP contribution < -0.4 is 0 Å². The van der Waals surface area contributed by atoms with Gasteiger partial charge in [-0.05, 0) is 37.5 Å². The maximum absolute atomic E-state index is 13.0. The number of benzene rings is 1. The number of hydrogen-bond donors (Lipinski definition) is 0. The smallest absolute Gasteiger partial charge is 0.254 e. The van der Waals surface area contributed by atoms with Crippen LogP contribution in [0.1, 0.15) is 46.1 Å². The summed E-state index contributed by atoms with van der Waals surface area (Å²) in [7, 11) is 3.49. The van der Waals surface area contributed by atoms with E-state index in [9.17, 15) is 4.79 Å². The average molecular weight is 348 g/mol. The monoisotopic (exact) mass is 347 g/mol. The third kappa shape index (κ3) is 3.06. The molecule has 0 N–H and O–H groups in total. The number of carbonyl (C=O) groups excluding carboxylic acids is 1. The summed E-state index contributed by atoms with van der Waals surface area (Å²) < 4.78 is 6.79. The molecule has 3 rings (SSSR count). The Labute approximate surface area is 147 Å². The average Bonchev–Trinajstić information content (AvgIpc) is 3.13. The molecule has 5 nitrogen and oxygen atoms in total. The minimum absolute atomic E-state index is 0.00245. The van der Waals surface area contributed by atoms with Gasteiger partial charge in [-0.15, -0.1) is 0 Å². The van der Waals surface area contributed by atoms with Crippen molar-refractivity contribution in [3.8, 4) is 0 Å². The van der Waals surface area contributed by atoms with Crippen molar-refractivity contribution >= 4 is 17.5 Å². The van der Waals surface area contributed by atoms with Crippen LogP contribution in [0.4, 0.5) is 0 Å². The van der Waals surface area contributed by atoms with E-state index in [1.165, 1.54) is 0 Å². The number of nitrogens with zero attached hydrogens (tertiary/aromatic N) is 3. The Bertz CT molecular complexity index is 739. The Balaban J connectivity index is 1.86. The molecule has 1 aromatic heterocycles. The number of carbonyl (C=O) groups is 1. The molecule has 1 fully saturated rings. The molecule has 1 amide bonds. The highest BCUT2D eigenvalue weighted by Crippen LogP contribution is 2.38. The van der Waals surface area contributed by atoms with Crippen molar-refractivity contribution in [1.29, 1.82) is 0 Å². The van der Waals surface area contributed by atoms with Gasteiger partial charge in [0.1, 0.15) is 5.15 Å². The zero-order valence-corrected chi connectivity index (χ0v) is 15.0. The van der Waals surface area contributed by atoms with Crippen LogP contribution in [0, 0.1) is 6.92 Å². The van der Waals surface area contributed by atoms with Crippen molar-refractivity contribution in [1.82, 2.24) is 14.7 Å². The van der Waals surface area contributed by atoms with Crippen molar-refractivity contribution in [3.63, 3.8) is 0 Å². The minimum atomic E-state index is -0.00245. The minimum Gasteiger partial charge on any atom is -0.380 e. The molecule has 1 saturated heterocycles. The van der Waals surface area contributed by atoms with E-state index in [1.54, 1.807) is 11.8 Å². The van der Waals surface area contributed by atoms with Gasteiger partial charge in [0.15, 0.2) is 0 Å². The summed E-state index contributed by atoms with van der Waals surface area (Å²) in [6.07, 6.45) is 1.89. The van der Waals surface area contributed by atoms with E-state index in [1.807, 2.05) is 43.1 Å². The van der Waals surface area contributed by atoms with Crippen LogP contribution in [0.25, 0.3) is 0 Å². The van der Waals surface area contributed by atoms with Crippen LogP contribution >= 0.6 is 11.6 Å². The van der Waals surface area contributed by atoms with Crippen LogP contribution in [0.15, 0.2) is 24.3 Å². The second-order valence-electron chi connectivity index (χ2n) is 6.20. The highest BCUT2D eigenvalue weighted by atomic mass is 35.5. The van der Waals surface area contributed by atoms with Crippen molar-refractivity contribution in [3.05, 3.63) is 51.8 Å². The maximum Gasteiger partial charge on any atom is 0.254 e. The van der Waals surface area contributed by atoms with Crippen LogP contribution in [-0.4, -0.2) is 34.2 Å². The molecular formula is C18H22ClN3O2. The largest absolute Gasteiger partial charge is 0.380 e. The molecule has 1 aliphatic heterocycles. The quantitative estimate of drug-likeness (QED) is 0.850. The van der Waals surface area contributed by atoms with Gasteiger partial charge in [0, 0.05) is 31.8 Å². The van der Waals surface area contributed by atoms with E-state index in [4.69, 9.17) is 16.3 Å². The summed E-state index contributed by atoms with van der Waals surface area (Å²) in [5.41, 5.74) is 3.61. The Hall–Kier alpha value is -1.85. The Morgan fingerprint density at radius 2 is 2.08 bits per heavy atom. The second kappa shape index (κ2) is 6.95. The summed E-state index contributed by atoms with van der Waals surface area (Å²) in [6.45, 7) is 3.24. The van der Waals surface area contributed by atoms with Crippen molar-refractivity contribution < 1.29 is 9.53 Å². The molecule has 0 saturated carbocycles. The fourth-order valence-corrected chi connectivity index (χ4v) is 3.71. The van der Waals surface area contributed by atoms with E-state index in [0.717, 1.165) is 36.2 Å². The molecule has 0 radical (unpaired) electrons. The number of amides is 1. The van der Waals surface area contributed by atoms with Gasteiger partial charge >= 0.3 is 0 Å². The zero-order valence-electron chi connectivity index (χ0n) is 14.3. The standard InChI is InChI=1S/C18H22ClN3O2/c1-12-16(17(19)21(2)20-12)15-5-4-10-22(15)18(23)14-8-6-13(7-9-14)11-24-3/h6-9,15H,4-5,10-11H2,1-3H3/t15-/m1/s1. The van der Waals surface area contributed by atoms with E-state index in [0.29, 0.717) is 17.3 Å². The summed E-state index contributed by atoms with van der Waals surface area (Å²) >= 11 is 6.41. The van der Waals surface area contributed by atoms with E-state index >= 15 is 0 Å². The third-order valence-corrected chi connectivity index (χ3v) is 5.00. The normalized spacial score (nSPS) is 17.5. The molecule has 6 heteroatoms. The SMILES string of the molecule is COCc1ccc(C(=O)N2CCC[C@@H]2c2c(C)nn(C)c2Cl)cc1. The predicted molar refractivity (Wildman–Crippen MR) is 93.1 cm³/mol. The van der Waals surface area contributed by atoms with Crippen molar-refractivity contribution in [2.24, 2.45) is 7.05 Å². The lowest BCUT2D eigenvalue weighted by Crippen LogP contribution is -2.30. The number of ether oxygens (including phenoxy) is 1. The molecule has 128 valence electrons. The first-order chi connectivity index (χ1) is 11.5. The van der Waals surface area contributed by atoms with Gasteiger partial charge in [-0.3, -0.25) is 9.48 Å². The predicted octanol–water partition coefficient (Wildman–Crippen LogP) is 3.51. The number of halogens is 1. The number of hydrogen-bond acceptors (Lipinski definition) is 3. The first-order valence-electron chi connectivity index (χ1n) is 8.10. The van der Waals surface area contributed by atoms with Crippen molar-refractivity contribution in [2.75, 3.05) is 13.7 Å². The van der Waals surface area contributed by atoms with Crippen LogP contribution in [0.3, 0.4) is 0 Å². The lowest BCUT2D eigenvalue weighted by molar-refractivity contribution is 0.0735. The maximum atomic E-state index is 13.0. The number of aromatic nitrogens is 2. The molecule has 1 aromatic carbocycles. The van der Waals surface area contributed by atoms with Gasteiger partial charge < -0.3 is 9.64 Å². The van der Waals surface area contributed by atoms with Gasteiger partial charge in [-0.25, -0.2) is 0 Å². The van der Waals surface area contributed by atoms with E-state index < -0.39 is 0 Å². The Morgan fingerprint density at radius 1 is 1.38 bits per heavy atom. The fraction of sp³-hybridized carbons (Fsp3) is 0.444. The zero-order chi connectivity index (χ0) is 17.3. The third-order valence-electron chi connectivity index (χ3n) is 4.55. The summed E-state index contributed by atoms with van der Waals surface area (Å²) in [5.74, 6) is 0.0424. The Morgan fingerprint density at radius 3 is 2.67 bits per heavy atom. The number of methoxy groups -OCH3 is 1. The van der Waals surface area contributed by atoms with Gasteiger partial charge in [0.2, 0.25) is 0 Å². The molecule has 0 unspecified atom stereocenters.